The van der Waals surface area contributed by atoms with Crippen LogP contribution in [-0.2, 0) is 26.2 Å². The number of hydrogen-bond acceptors (Lipinski definition) is 6. The maximum atomic E-state index is 10.1. The van der Waals surface area contributed by atoms with Crippen molar-refractivity contribution in [1.82, 2.24) is 0 Å². The minimum absolute atomic E-state index is 0. The quantitative estimate of drug-likeness (QED) is 0.555. The van der Waals surface area contributed by atoms with Crippen molar-refractivity contribution < 1.29 is 55.9 Å². The molecule has 0 atom stereocenters. The summed E-state index contributed by atoms with van der Waals surface area (Å²) in [7, 11) is 0. The van der Waals surface area contributed by atoms with E-state index in [0.29, 0.717) is 0 Å². The van der Waals surface area contributed by atoms with Crippen LogP contribution in [0.15, 0.2) is 91.0 Å². The Balaban J connectivity index is 0.000000384. The van der Waals surface area contributed by atoms with E-state index in [0.717, 1.165) is 0 Å². The zero-order valence-electron chi connectivity index (χ0n) is 14.6. The van der Waals surface area contributed by atoms with E-state index in [-0.39, 0.29) is 42.9 Å². The molecule has 0 bridgehead atoms. The van der Waals surface area contributed by atoms with E-state index in [1.54, 1.807) is 54.6 Å². The number of rotatable bonds is 3. The summed E-state index contributed by atoms with van der Waals surface area (Å²) < 4.78 is 0. The average Bonchev–Trinajstić information content (AvgIpc) is 2.71. The summed E-state index contributed by atoms with van der Waals surface area (Å²) in [4.78, 5) is 30.3. The molecular weight excluding hydrogens is 439 g/mol. The molecule has 0 N–H and O–H groups in total. The van der Waals surface area contributed by atoms with Gasteiger partial charge in [0.05, 0.1) is 17.9 Å². The molecule has 0 radical (unpaired) electrons. The molecule has 3 rings (SSSR count). The van der Waals surface area contributed by atoms with Crippen molar-refractivity contribution in [3.63, 3.8) is 0 Å². The summed E-state index contributed by atoms with van der Waals surface area (Å²) in [5, 5.41) is 30.3. The molecule has 0 amide bonds. The van der Waals surface area contributed by atoms with Crippen LogP contribution in [0.4, 0.5) is 0 Å². The Labute approximate surface area is 181 Å². The molecule has 0 spiro atoms. The largest absolute Gasteiger partial charge is 2.00 e. The van der Waals surface area contributed by atoms with Gasteiger partial charge in [-0.1, -0.05) is 91.0 Å². The number of carbonyl (C=O) groups is 3. The fourth-order valence-electron chi connectivity index (χ4n) is 1.72. The van der Waals surface area contributed by atoms with Crippen molar-refractivity contribution in [2.24, 2.45) is 0 Å². The topological polar surface area (TPSA) is 120 Å². The second kappa shape index (κ2) is 14.1. The molecule has 0 aliphatic carbocycles. The van der Waals surface area contributed by atoms with Crippen LogP contribution in [-0.4, -0.2) is 17.9 Å². The van der Waals surface area contributed by atoms with Crippen LogP contribution >= 0.6 is 0 Å². The normalized spacial score (nSPS) is 8.57. The van der Waals surface area contributed by atoms with E-state index in [2.05, 4.69) is 0 Å². The van der Waals surface area contributed by atoms with Gasteiger partial charge in [0.2, 0.25) is 0 Å². The van der Waals surface area contributed by atoms with Crippen molar-refractivity contribution in [2.45, 2.75) is 0 Å². The number of benzene rings is 3. The summed E-state index contributed by atoms with van der Waals surface area (Å²) in [6, 6.07) is 24.2. The van der Waals surface area contributed by atoms with E-state index in [1.807, 2.05) is 0 Å². The molecule has 7 heteroatoms. The summed E-state index contributed by atoms with van der Waals surface area (Å²) in [5.41, 5.74) is 0.660. The van der Waals surface area contributed by atoms with E-state index in [1.165, 1.54) is 36.4 Å². The van der Waals surface area contributed by atoms with Crippen LogP contribution in [0.25, 0.3) is 0 Å². The second-order valence-corrected chi connectivity index (χ2v) is 4.96. The van der Waals surface area contributed by atoms with E-state index in [9.17, 15) is 29.7 Å². The average molecular weight is 455 g/mol. The minimum atomic E-state index is -1.13. The standard InChI is InChI=1S/3C7H6O2.Zr/c3*8-7(9)6-4-2-1-3-5-6;/h3*1-5H,(H,8,9);/q;;;+2/p-3. The van der Waals surface area contributed by atoms with Gasteiger partial charge >= 0.3 is 26.2 Å². The maximum absolute atomic E-state index is 10.1. The first-order valence-electron chi connectivity index (χ1n) is 7.71. The second-order valence-electron chi connectivity index (χ2n) is 4.96. The van der Waals surface area contributed by atoms with Gasteiger partial charge in [-0.05, 0) is 16.7 Å². The van der Waals surface area contributed by atoms with Crippen molar-refractivity contribution in [2.75, 3.05) is 0 Å². The van der Waals surface area contributed by atoms with Crippen molar-refractivity contribution >= 4 is 17.9 Å². The Morgan fingerprint density at radius 3 is 0.714 bits per heavy atom. The van der Waals surface area contributed by atoms with Crippen LogP contribution in [0.5, 0.6) is 0 Å². The molecule has 0 heterocycles. The Morgan fingerprint density at radius 1 is 0.429 bits per heavy atom. The molecular formula is C21H15O6Zr-. The first-order chi connectivity index (χ1) is 12.9. The smallest absolute Gasteiger partial charge is 0.545 e. The number of carboxylic acid groups (broad SMARTS) is 3. The molecule has 0 aliphatic heterocycles. The molecule has 0 saturated carbocycles. The van der Waals surface area contributed by atoms with Crippen LogP contribution < -0.4 is 15.3 Å². The number of carboxylic acids is 3. The van der Waals surface area contributed by atoms with Gasteiger partial charge < -0.3 is 29.7 Å². The Morgan fingerprint density at radius 2 is 0.607 bits per heavy atom. The predicted octanol–water partition coefficient (Wildman–Crippen LogP) is 0.148. The van der Waals surface area contributed by atoms with Crippen molar-refractivity contribution in [1.29, 1.82) is 0 Å². The van der Waals surface area contributed by atoms with Crippen molar-refractivity contribution in [3.8, 4) is 0 Å². The summed E-state index contributed by atoms with van der Waals surface area (Å²) in [6.45, 7) is 0. The number of aromatic carboxylic acids is 3. The Kier molecular flexibility index (Phi) is 12.5. The summed E-state index contributed by atoms with van der Waals surface area (Å²) in [6.07, 6.45) is 0. The molecule has 0 aliphatic rings. The summed E-state index contributed by atoms with van der Waals surface area (Å²) >= 11 is 0. The van der Waals surface area contributed by atoms with Gasteiger partial charge in [-0.2, -0.15) is 0 Å². The molecule has 0 saturated heterocycles. The van der Waals surface area contributed by atoms with E-state index >= 15 is 0 Å². The van der Waals surface area contributed by atoms with Gasteiger partial charge in [0, 0.05) is 0 Å². The first-order valence-corrected chi connectivity index (χ1v) is 7.71. The van der Waals surface area contributed by atoms with Crippen LogP contribution in [0.1, 0.15) is 31.1 Å². The zero-order chi connectivity index (χ0) is 20.1. The van der Waals surface area contributed by atoms with Crippen LogP contribution in [0, 0.1) is 0 Å². The molecule has 0 unspecified atom stereocenters. The van der Waals surface area contributed by atoms with Gasteiger partial charge in [-0.15, -0.1) is 0 Å². The fourth-order valence-corrected chi connectivity index (χ4v) is 1.72. The molecule has 6 nitrogen and oxygen atoms in total. The van der Waals surface area contributed by atoms with Gasteiger partial charge in [0.25, 0.3) is 0 Å². The monoisotopic (exact) mass is 453 g/mol. The van der Waals surface area contributed by atoms with Gasteiger partial charge in [0.15, 0.2) is 0 Å². The predicted molar refractivity (Wildman–Crippen MR) is 92.3 cm³/mol. The van der Waals surface area contributed by atoms with Crippen LogP contribution in [0.3, 0.4) is 0 Å². The van der Waals surface area contributed by atoms with E-state index < -0.39 is 17.9 Å². The number of hydrogen-bond donors (Lipinski definition) is 0. The summed E-state index contributed by atoms with van der Waals surface area (Å²) in [5.74, 6) is -3.39. The van der Waals surface area contributed by atoms with Crippen LogP contribution in [0.2, 0.25) is 0 Å². The van der Waals surface area contributed by atoms with E-state index in [4.69, 9.17) is 0 Å². The molecule has 28 heavy (non-hydrogen) atoms. The van der Waals surface area contributed by atoms with Gasteiger partial charge in [-0.3, -0.25) is 0 Å². The van der Waals surface area contributed by atoms with Gasteiger partial charge in [0.1, 0.15) is 0 Å². The Bertz CT molecular complexity index is 734. The third-order valence-corrected chi connectivity index (χ3v) is 3.03. The Hall–Kier alpha value is -3.05. The SMILES string of the molecule is O=C([O-])c1ccccc1.O=C([O-])c1ccccc1.O=C([O-])c1ccccc1.[Zr+2]. The number of carbonyl (C=O) groups excluding carboxylic acids is 3. The fraction of sp³-hybridized carbons (Fsp3) is 0. The third kappa shape index (κ3) is 10.2. The van der Waals surface area contributed by atoms with Crippen molar-refractivity contribution in [3.05, 3.63) is 108 Å². The molecule has 0 fully saturated rings. The molecule has 0 aromatic heterocycles. The molecule has 3 aromatic carbocycles. The first kappa shape index (κ1) is 25.0. The molecule has 3 aromatic rings. The molecule has 140 valence electrons. The maximum Gasteiger partial charge on any atom is 2.00 e. The zero-order valence-corrected chi connectivity index (χ0v) is 17.1. The third-order valence-electron chi connectivity index (χ3n) is 3.03. The minimum Gasteiger partial charge on any atom is -0.545 e. The van der Waals surface area contributed by atoms with Gasteiger partial charge in [-0.25, -0.2) is 0 Å².